The van der Waals surface area contributed by atoms with Crippen molar-refractivity contribution in [2.75, 3.05) is 13.2 Å². The molecule has 9 heteroatoms. The summed E-state index contributed by atoms with van der Waals surface area (Å²) < 4.78 is 11.4. The molecule has 0 unspecified atom stereocenters. The molecule has 7 nitrogen and oxygen atoms in total. The van der Waals surface area contributed by atoms with Gasteiger partial charge in [0.2, 0.25) is 0 Å². The Bertz CT molecular complexity index is 1030. The molecule has 1 amide bonds. The molecule has 1 aliphatic heterocycles. The third kappa shape index (κ3) is 5.64. The Balaban J connectivity index is 1.85. The lowest BCUT2D eigenvalue weighted by Gasteiger charge is -2.13. The van der Waals surface area contributed by atoms with E-state index in [1.54, 1.807) is 18.2 Å². The van der Waals surface area contributed by atoms with Crippen molar-refractivity contribution < 1.29 is 24.2 Å². The Kier molecular flexibility index (Phi) is 7.17. The van der Waals surface area contributed by atoms with E-state index in [0.717, 1.165) is 11.3 Å². The molecule has 1 aliphatic rings. The van der Waals surface area contributed by atoms with Crippen LogP contribution in [0.3, 0.4) is 0 Å². The summed E-state index contributed by atoms with van der Waals surface area (Å²) in [6, 6.07) is 11.1. The maximum absolute atomic E-state index is 12.4. The van der Waals surface area contributed by atoms with Crippen molar-refractivity contribution in [3.05, 3.63) is 56.9 Å². The van der Waals surface area contributed by atoms with Crippen LogP contribution in [0.15, 0.2) is 50.8 Å². The number of amidine groups is 1. The molecule has 0 saturated carbocycles. The maximum Gasteiger partial charge on any atom is 0.341 e. The molecule has 156 valence electrons. The van der Waals surface area contributed by atoms with Crippen LogP contribution in [0.2, 0.25) is 0 Å². The number of aliphatic imine (C=N–C) groups is 1. The number of ether oxygens (including phenoxy) is 2. The average molecular weight is 491 g/mol. The van der Waals surface area contributed by atoms with Crippen LogP contribution in [0.4, 0.5) is 5.69 Å². The second-order valence-electron chi connectivity index (χ2n) is 6.26. The number of hydrogen-bond donors (Lipinski definition) is 2. The van der Waals surface area contributed by atoms with Crippen molar-refractivity contribution in [2.45, 2.75) is 13.8 Å². The van der Waals surface area contributed by atoms with Crippen LogP contribution in [0.1, 0.15) is 18.1 Å². The molecule has 1 heterocycles. The van der Waals surface area contributed by atoms with Gasteiger partial charge in [0, 0.05) is 0 Å². The molecule has 0 radical (unpaired) electrons. The fraction of sp³-hybridized carbons (Fsp3) is 0.190. The topological polar surface area (TPSA) is 97.2 Å². The number of carbonyl (C=O) groups excluding carboxylic acids is 1. The molecular formula is C21H19BrN2O5S. The highest BCUT2D eigenvalue weighted by molar-refractivity contribution is 9.10. The summed E-state index contributed by atoms with van der Waals surface area (Å²) in [6.07, 6.45) is 1.71. The zero-order valence-corrected chi connectivity index (χ0v) is 18.7. The van der Waals surface area contributed by atoms with E-state index in [-0.39, 0.29) is 5.91 Å². The highest BCUT2D eigenvalue weighted by atomic mass is 79.9. The molecule has 0 spiro atoms. The summed E-state index contributed by atoms with van der Waals surface area (Å²) >= 11 is 4.63. The summed E-state index contributed by atoms with van der Waals surface area (Å²) in [5, 5.41) is 12.1. The van der Waals surface area contributed by atoms with Crippen LogP contribution in [0.5, 0.6) is 11.5 Å². The zero-order chi connectivity index (χ0) is 21.7. The van der Waals surface area contributed by atoms with Crippen molar-refractivity contribution in [2.24, 2.45) is 4.99 Å². The van der Waals surface area contributed by atoms with Gasteiger partial charge in [0.25, 0.3) is 5.91 Å². The number of carboxylic acid groups (broad SMARTS) is 1. The van der Waals surface area contributed by atoms with Gasteiger partial charge in [-0.3, -0.25) is 4.79 Å². The van der Waals surface area contributed by atoms with Gasteiger partial charge < -0.3 is 19.9 Å². The number of rotatable bonds is 7. The second kappa shape index (κ2) is 9.82. The first-order chi connectivity index (χ1) is 14.4. The van der Waals surface area contributed by atoms with Gasteiger partial charge in [0.05, 0.1) is 21.7 Å². The van der Waals surface area contributed by atoms with Gasteiger partial charge in [-0.05, 0) is 77.4 Å². The summed E-state index contributed by atoms with van der Waals surface area (Å²) in [5.41, 5.74) is 2.59. The molecule has 0 aliphatic carbocycles. The van der Waals surface area contributed by atoms with E-state index in [1.165, 1.54) is 11.8 Å². The van der Waals surface area contributed by atoms with Gasteiger partial charge >= 0.3 is 5.97 Å². The lowest BCUT2D eigenvalue weighted by Crippen LogP contribution is -2.19. The third-order valence-corrected chi connectivity index (χ3v) is 5.38. The average Bonchev–Trinajstić information content (AvgIpc) is 3.02. The highest BCUT2D eigenvalue weighted by Gasteiger charge is 2.24. The molecule has 0 aromatic heterocycles. The largest absolute Gasteiger partial charge is 0.490 e. The minimum absolute atomic E-state index is 0.244. The van der Waals surface area contributed by atoms with Gasteiger partial charge in [0.15, 0.2) is 23.3 Å². The standard InChI is InChI=1S/C21H19BrN2O5S/c1-3-28-16-9-13(8-15(22)19(16)29-11-18(25)26)10-17-20(27)24-21(30-17)23-14-6-4-12(2)5-7-14/h4-10H,3,11H2,1-2H3,(H,25,26)(H,23,24,27)/b17-10+. The number of carboxylic acids is 1. The summed E-state index contributed by atoms with van der Waals surface area (Å²) in [7, 11) is 0. The van der Waals surface area contributed by atoms with E-state index < -0.39 is 12.6 Å². The quantitative estimate of drug-likeness (QED) is 0.554. The number of carbonyl (C=O) groups is 2. The molecule has 2 N–H and O–H groups in total. The van der Waals surface area contributed by atoms with Crippen molar-refractivity contribution in [1.82, 2.24) is 5.32 Å². The number of aliphatic carboxylic acids is 1. The van der Waals surface area contributed by atoms with Crippen molar-refractivity contribution in [3.8, 4) is 11.5 Å². The predicted molar refractivity (Wildman–Crippen MR) is 120 cm³/mol. The molecule has 1 fully saturated rings. The van der Waals surface area contributed by atoms with Crippen molar-refractivity contribution in [1.29, 1.82) is 0 Å². The number of nitrogens with zero attached hydrogens (tertiary/aromatic N) is 1. The number of halogens is 1. The first kappa shape index (κ1) is 21.9. The minimum atomic E-state index is -1.09. The second-order valence-corrected chi connectivity index (χ2v) is 8.15. The Labute approximate surface area is 186 Å². The Hall–Kier alpha value is -2.78. The van der Waals surface area contributed by atoms with Gasteiger partial charge in [-0.15, -0.1) is 0 Å². The normalized spacial score (nSPS) is 16.0. The number of aryl methyl sites for hydroxylation is 1. The highest BCUT2D eigenvalue weighted by Crippen LogP contribution is 2.38. The van der Waals surface area contributed by atoms with Gasteiger partial charge in [-0.1, -0.05) is 17.7 Å². The monoisotopic (exact) mass is 490 g/mol. The van der Waals surface area contributed by atoms with E-state index >= 15 is 0 Å². The lowest BCUT2D eigenvalue weighted by atomic mass is 10.2. The lowest BCUT2D eigenvalue weighted by molar-refractivity contribution is -0.139. The van der Waals surface area contributed by atoms with E-state index in [9.17, 15) is 9.59 Å². The molecule has 0 bridgehead atoms. The fourth-order valence-corrected chi connectivity index (χ4v) is 3.99. The Morgan fingerprint density at radius 1 is 1.27 bits per heavy atom. The molecule has 2 aromatic rings. The van der Waals surface area contributed by atoms with Crippen molar-refractivity contribution in [3.63, 3.8) is 0 Å². The SMILES string of the molecule is CCOc1cc(/C=C2/SC(=Nc3ccc(C)cc3)NC2=O)cc(Br)c1OCC(=O)O. The smallest absolute Gasteiger partial charge is 0.341 e. The first-order valence-electron chi connectivity index (χ1n) is 9.03. The Morgan fingerprint density at radius 3 is 2.67 bits per heavy atom. The maximum atomic E-state index is 12.4. The van der Waals surface area contributed by atoms with Gasteiger partial charge in [0.1, 0.15) is 0 Å². The third-order valence-electron chi connectivity index (χ3n) is 3.88. The molecule has 3 rings (SSSR count). The van der Waals surface area contributed by atoms with E-state index in [4.69, 9.17) is 14.6 Å². The molecular weight excluding hydrogens is 472 g/mol. The van der Waals surface area contributed by atoms with Gasteiger partial charge in [-0.25, -0.2) is 9.79 Å². The Morgan fingerprint density at radius 2 is 2.00 bits per heavy atom. The predicted octanol–water partition coefficient (Wildman–Crippen LogP) is 4.51. The van der Waals surface area contributed by atoms with Crippen LogP contribution < -0.4 is 14.8 Å². The van der Waals surface area contributed by atoms with Crippen LogP contribution in [0, 0.1) is 6.92 Å². The van der Waals surface area contributed by atoms with E-state index in [0.29, 0.717) is 38.2 Å². The van der Waals surface area contributed by atoms with Crippen molar-refractivity contribution >= 4 is 56.5 Å². The number of nitrogens with one attached hydrogen (secondary N) is 1. The zero-order valence-electron chi connectivity index (χ0n) is 16.3. The number of amides is 1. The minimum Gasteiger partial charge on any atom is -0.490 e. The van der Waals surface area contributed by atoms with Crippen LogP contribution in [-0.2, 0) is 9.59 Å². The number of benzene rings is 2. The molecule has 0 atom stereocenters. The van der Waals surface area contributed by atoms with E-state index in [1.807, 2.05) is 38.1 Å². The molecule has 2 aromatic carbocycles. The van der Waals surface area contributed by atoms with Gasteiger partial charge in [-0.2, -0.15) is 0 Å². The van der Waals surface area contributed by atoms with Crippen LogP contribution >= 0.6 is 27.7 Å². The first-order valence-corrected chi connectivity index (χ1v) is 10.6. The molecule has 1 saturated heterocycles. The fourth-order valence-electron chi connectivity index (χ4n) is 2.58. The van der Waals surface area contributed by atoms with Crippen LogP contribution in [0.25, 0.3) is 6.08 Å². The van der Waals surface area contributed by atoms with E-state index in [2.05, 4.69) is 26.2 Å². The summed E-state index contributed by atoms with van der Waals surface area (Å²) in [4.78, 5) is 28.1. The van der Waals surface area contributed by atoms with Crippen LogP contribution in [-0.4, -0.2) is 35.4 Å². The number of thioether (sulfide) groups is 1. The molecule has 30 heavy (non-hydrogen) atoms. The summed E-state index contributed by atoms with van der Waals surface area (Å²) in [6.45, 7) is 3.69. The summed E-state index contributed by atoms with van der Waals surface area (Å²) in [5.74, 6) is -0.649. The number of hydrogen-bond acceptors (Lipinski definition) is 6.